The van der Waals surface area contributed by atoms with E-state index in [1.165, 1.54) is 0 Å². The molecule has 5 nitrogen and oxygen atoms in total. The van der Waals surface area contributed by atoms with Crippen molar-refractivity contribution < 1.29 is 13.2 Å². The molecule has 2 rings (SSSR count). The molecule has 2 N–H and O–H groups in total. The number of nitrogens with one attached hydrogen (secondary N) is 2. The van der Waals surface area contributed by atoms with Gasteiger partial charge in [0.2, 0.25) is 15.9 Å². The second-order valence-electron chi connectivity index (χ2n) is 3.15. The zero-order valence-electron chi connectivity index (χ0n) is 6.41. The molecule has 2 unspecified atom stereocenters. The van der Waals surface area contributed by atoms with Crippen LogP contribution >= 0.6 is 0 Å². The van der Waals surface area contributed by atoms with Crippen molar-refractivity contribution in [1.82, 2.24) is 10.0 Å². The molecule has 6 heteroatoms. The molecule has 12 heavy (non-hydrogen) atoms. The van der Waals surface area contributed by atoms with E-state index < -0.39 is 15.3 Å². The van der Waals surface area contributed by atoms with Gasteiger partial charge in [-0.15, -0.1) is 0 Å². The number of amides is 1. The van der Waals surface area contributed by atoms with Gasteiger partial charge in [0, 0.05) is 6.54 Å². The first-order valence-corrected chi connectivity index (χ1v) is 5.42. The first kappa shape index (κ1) is 8.00. The van der Waals surface area contributed by atoms with E-state index in [0.29, 0.717) is 13.0 Å². The fraction of sp³-hybridized carbons (Fsp3) is 0.833. The van der Waals surface area contributed by atoms with Crippen LogP contribution in [0.3, 0.4) is 0 Å². The number of fused-ring (bicyclic) bond motifs is 1. The minimum absolute atomic E-state index is 0.323. The smallest absolute Gasteiger partial charge is 0.239 e. The summed E-state index contributed by atoms with van der Waals surface area (Å²) >= 11 is 0. The fourth-order valence-electron chi connectivity index (χ4n) is 1.75. The molecule has 0 aliphatic carbocycles. The van der Waals surface area contributed by atoms with Crippen molar-refractivity contribution in [2.45, 2.75) is 11.7 Å². The highest BCUT2D eigenvalue weighted by atomic mass is 32.2. The number of rotatable bonds is 0. The largest absolute Gasteiger partial charge is 0.315 e. The van der Waals surface area contributed by atoms with Crippen LogP contribution in [0.4, 0.5) is 0 Å². The van der Waals surface area contributed by atoms with E-state index in [2.05, 4.69) is 5.32 Å². The number of hydrogen-bond donors (Lipinski definition) is 2. The Hall–Kier alpha value is -0.620. The highest BCUT2D eigenvalue weighted by Gasteiger charge is 2.47. The lowest BCUT2D eigenvalue weighted by atomic mass is 9.97. The first-order chi connectivity index (χ1) is 5.61. The van der Waals surface area contributed by atoms with E-state index in [4.69, 9.17) is 0 Å². The van der Waals surface area contributed by atoms with Crippen molar-refractivity contribution in [2.75, 3.05) is 13.1 Å². The van der Waals surface area contributed by atoms with Crippen molar-refractivity contribution in [3.05, 3.63) is 0 Å². The second kappa shape index (κ2) is 2.43. The molecule has 2 aliphatic rings. The zero-order valence-corrected chi connectivity index (χ0v) is 7.23. The van der Waals surface area contributed by atoms with Crippen LogP contribution < -0.4 is 10.0 Å². The molecule has 0 radical (unpaired) electrons. The number of sulfonamides is 1. The monoisotopic (exact) mass is 190 g/mol. The lowest BCUT2D eigenvalue weighted by Gasteiger charge is -2.21. The van der Waals surface area contributed by atoms with E-state index in [1.54, 1.807) is 0 Å². The van der Waals surface area contributed by atoms with Crippen molar-refractivity contribution in [1.29, 1.82) is 0 Å². The van der Waals surface area contributed by atoms with Crippen LogP contribution in [-0.4, -0.2) is 32.7 Å². The summed E-state index contributed by atoms with van der Waals surface area (Å²) in [5.41, 5.74) is 0. The highest BCUT2D eigenvalue weighted by Crippen LogP contribution is 2.24. The summed E-state index contributed by atoms with van der Waals surface area (Å²) < 4.78 is 24.5. The van der Waals surface area contributed by atoms with Crippen LogP contribution in [0.2, 0.25) is 0 Å². The van der Waals surface area contributed by atoms with E-state index in [1.807, 2.05) is 4.72 Å². The van der Waals surface area contributed by atoms with Gasteiger partial charge < -0.3 is 5.32 Å². The molecular weight excluding hydrogens is 180 g/mol. The Balaban J connectivity index is 2.34. The van der Waals surface area contributed by atoms with Crippen LogP contribution in [0.25, 0.3) is 0 Å². The van der Waals surface area contributed by atoms with E-state index in [-0.39, 0.29) is 11.8 Å². The topological polar surface area (TPSA) is 75.3 Å². The van der Waals surface area contributed by atoms with Gasteiger partial charge in [-0.1, -0.05) is 0 Å². The van der Waals surface area contributed by atoms with Gasteiger partial charge in [0.25, 0.3) is 0 Å². The van der Waals surface area contributed by atoms with Gasteiger partial charge >= 0.3 is 0 Å². The lowest BCUT2D eigenvalue weighted by molar-refractivity contribution is -0.122. The highest BCUT2D eigenvalue weighted by molar-refractivity contribution is 7.91. The number of carbonyl (C=O) groups excluding carboxylic acids is 1. The molecule has 0 bridgehead atoms. The molecule has 0 aromatic heterocycles. The molecule has 2 aliphatic heterocycles. The maximum absolute atomic E-state index is 11.2. The van der Waals surface area contributed by atoms with E-state index >= 15 is 0 Å². The summed E-state index contributed by atoms with van der Waals surface area (Å²) in [7, 11) is -3.36. The van der Waals surface area contributed by atoms with Gasteiger partial charge in [-0.25, -0.2) is 8.42 Å². The average molecular weight is 190 g/mol. The number of carbonyl (C=O) groups is 1. The Labute approximate surface area is 70.6 Å². The Kier molecular flexibility index (Phi) is 1.62. The molecule has 2 fully saturated rings. The quantitative estimate of drug-likeness (QED) is 0.483. The van der Waals surface area contributed by atoms with E-state index in [0.717, 1.165) is 6.54 Å². The fourth-order valence-corrected chi connectivity index (χ4v) is 3.36. The SMILES string of the molecule is O=C1NS(=O)(=O)C2CNCCC12. The van der Waals surface area contributed by atoms with Crippen molar-refractivity contribution in [3.8, 4) is 0 Å². The summed E-state index contributed by atoms with van der Waals surface area (Å²) in [5, 5.41) is 2.42. The summed E-state index contributed by atoms with van der Waals surface area (Å²) in [5.74, 6) is -0.655. The third-order valence-corrected chi connectivity index (χ3v) is 4.18. The minimum Gasteiger partial charge on any atom is -0.315 e. The van der Waals surface area contributed by atoms with E-state index in [9.17, 15) is 13.2 Å². The van der Waals surface area contributed by atoms with Gasteiger partial charge in [0.1, 0.15) is 5.25 Å². The standard InChI is InChI=1S/C6H10N2O3S/c9-6-4-1-2-7-3-5(4)12(10,11)8-6/h4-5,7H,1-3H2,(H,8,9). The van der Waals surface area contributed by atoms with Crippen molar-refractivity contribution >= 4 is 15.9 Å². The Bertz CT molecular complexity index is 311. The maximum Gasteiger partial charge on any atom is 0.239 e. The molecule has 68 valence electrons. The van der Waals surface area contributed by atoms with Gasteiger partial charge in [0.15, 0.2) is 0 Å². The van der Waals surface area contributed by atoms with Gasteiger partial charge in [0.05, 0.1) is 5.92 Å². The van der Waals surface area contributed by atoms with Crippen molar-refractivity contribution in [3.63, 3.8) is 0 Å². The van der Waals surface area contributed by atoms with Crippen LogP contribution in [0.1, 0.15) is 6.42 Å². The van der Waals surface area contributed by atoms with Crippen LogP contribution in [0, 0.1) is 5.92 Å². The predicted molar refractivity (Wildman–Crippen MR) is 41.8 cm³/mol. The predicted octanol–water partition coefficient (Wildman–Crippen LogP) is -1.58. The summed E-state index contributed by atoms with van der Waals surface area (Å²) in [6.45, 7) is 1.12. The van der Waals surface area contributed by atoms with Crippen LogP contribution in [0.5, 0.6) is 0 Å². The molecule has 1 amide bonds. The zero-order chi connectivity index (χ0) is 8.77. The Morgan fingerprint density at radius 1 is 1.42 bits per heavy atom. The third kappa shape index (κ3) is 1.02. The number of piperidine rings is 1. The molecule has 2 atom stereocenters. The molecule has 2 saturated heterocycles. The van der Waals surface area contributed by atoms with Gasteiger partial charge in [-0.05, 0) is 13.0 Å². The van der Waals surface area contributed by atoms with Crippen LogP contribution in [0.15, 0.2) is 0 Å². The molecule has 0 spiro atoms. The Morgan fingerprint density at radius 2 is 2.17 bits per heavy atom. The maximum atomic E-state index is 11.2. The molecule has 2 heterocycles. The minimum atomic E-state index is -3.36. The average Bonchev–Trinajstić information content (AvgIpc) is 2.25. The molecule has 0 aromatic rings. The third-order valence-electron chi connectivity index (χ3n) is 2.40. The van der Waals surface area contributed by atoms with Gasteiger partial charge in [-0.3, -0.25) is 9.52 Å². The number of hydrogen-bond acceptors (Lipinski definition) is 4. The molecule has 0 aromatic carbocycles. The van der Waals surface area contributed by atoms with Gasteiger partial charge in [-0.2, -0.15) is 0 Å². The summed E-state index contributed by atoms with van der Waals surface area (Å²) in [6, 6.07) is 0. The molecule has 0 saturated carbocycles. The molecular formula is C6H10N2O3S. The van der Waals surface area contributed by atoms with Crippen molar-refractivity contribution in [2.24, 2.45) is 5.92 Å². The summed E-state index contributed by atoms with van der Waals surface area (Å²) in [4.78, 5) is 11.1. The Morgan fingerprint density at radius 3 is 2.83 bits per heavy atom. The lowest BCUT2D eigenvalue weighted by Crippen LogP contribution is -2.42. The second-order valence-corrected chi connectivity index (χ2v) is 5.05. The van der Waals surface area contributed by atoms with Crippen LogP contribution in [-0.2, 0) is 14.8 Å². The normalized spacial score (nSPS) is 38.8. The first-order valence-electron chi connectivity index (χ1n) is 3.87. The summed E-state index contributed by atoms with van der Waals surface area (Å²) in [6.07, 6.45) is 0.621.